The largest absolute Gasteiger partial charge is 0.472 e. The molecular weight excluding hydrogens is 207 g/mol. The minimum Gasteiger partial charge on any atom is -0.472 e. The lowest BCUT2D eigenvalue weighted by Crippen LogP contribution is -2.21. The van der Waals surface area contributed by atoms with E-state index < -0.39 is 0 Å². The summed E-state index contributed by atoms with van der Waals surface area (Å²) in [4.78, 5) is 4.06. The number of nitrogens with zero attached hydrogens (tertiary/aromatic N) is 1. The first-order valence-corrected chi connectivity index (χ1v) is 5.10. The van der Waals surface area contributed by atoms with Gasteiger partial charge in [-0.3, -0.25) is 4.98 Å². The molecule has 4 heteroatoms. The van der Waals surface area contributed by atoms with Crippen LogP contribution in [0.2, 0.25) is 0 Å². The van der Waals surface area contributed by atoms with E-state index in [0.717, 1.165) is 5.56 Å². The molecule has 0 fully saturated rings. The van der Waals surface area contributed by atoms with E-state index in [4.69, 9.17) is 4.42 Å². The molecule has 2 rings (SSSR count). The average Bonchev–Trinajstić information content (AvgIpc) is 2.80. The summed E-state index contributed by atoms with van der Waals surface area (Å²) >= 11 is 0. The van der Waals surface area contributed by atoms with Crippen molar-refractivity contribution in [2.24, 2.45) is 0 Å². The van der Waals surface area contributed by atoms with E-state index in [-0.39, 0.29) is 11.9 Å². The van der Waals surface area contributed by atoms with Crippen LogP contribution in [0.15, 0.2) is 41.3 Å². The third-order valence-corrected chi connectivity index (χ3v) is 2.49. The monoisotopic (exact) mass is 220 g/mol. The van der Waals surface area contributed by atoms with Gasteiger partial charge in [0.15, 0.2) is 0 Å². The van der Waals surface area contributed by atoms with Crippen molar-refractivity contribution in [2.75, 3.05) is 7.05 Å². The first-order chi connectivity index (χ1) is 7.81. The van der Waals surface area contributed by atoms with Gasteiger partial charge in [-0.15, -0.1) is 0 Å². The van der Waals surface area contributed by atoms with Crippen LogP contribution in [0.4, 0.5) is 4.39 Å². The van der Waals surface area contributed by atoms with Crippen LogP contribution >= 0.6 is 0 Å². The molecule has 0 amide bonds. The van der Waals surface area contributed by atoms with Gasteiger partial charge in [0.2, 0.25) is 0 Å². The smallest absolute Gasteiger partial charge is 0.146 e. The van der Waals surface area contributed by atoms with Gasteiger partial charge in [0.1, 0.15) is 5.82 Å². The molecule has 0 saturated heterocycles. The third-order valence-electron chi connectivity index (χ3n) is 2.49. The number of likely N-dealkylation sites (N-methyl/N-ethyl adjacent to an activating group) is 1. The van der Waals surface area contributed by atoms with Crippen LogP contribution in [0.3, 0.4) is 0 Å². The van der Waals surface area contributed by atoms with Crippen molar-refractivity contribution < 1.29 is 8.81 Å². The maximum atomic E-state index is 13.5. The third kappa shape index (κ3) is 2.28. The molecule has 1 unspecified atom stereocenters. The van der Waals surface area contributed by atoms with E-state index in [1.165, 1.54) is 6.07 Å². The van der Waals surface area contributed by atoms with Gasteiger partial charge >= 0.3 is 0 Å². The summed E-state index contributed by atoms with van der Waals surface area (Å²) < 4.78 is 18.5. The summed E-state index contributed by atoms with van der Waals surface area (Å²) in [6.07, 6.45) is 5.51. The number of rotatable bonds is 4. The highest BCUT2D eigenvalue weighted by atomic mass is 19.1. The zero-order valence-corrected chi connectivity index (χ0v) is 8.98. The van der Waals surface area contributed by atoms with E-state index in [1.807, 2.05) is 6.07 Å². The Kier molecular flexibility index (Phi) is 3.31. The van der Waals surface area contributed by atoms with Crippen molar-refractivity contribution in [3.05, 3.63) is 54.0 Å². The van der Waals surface area contributed by atoms with Crippen LogP contribution in [-0.4, -0.2) is 12.0 Å². The Morgan fingerprint density at radius 2 is 2.38 bits per heavy atom. The molecule has 2 aromatic heterocycles. The van der Waals surface area contributed by atoms with Crippen LogP contribution < -0.4 is 5.32 Å². The Hall–Kier alpha value is -1.68. The van der Waals surface area contributed by atoms with Crippen molar-refractivity contribution >= 4 is 0 Å². The Balaban J connectivity index is 2.20. The Morgan fingerprint density at radius 3 is 3.00 bits per heavy atom. The first-order valence-electron chi connectivity index (χ1n) is 5.10. The van der Waals surface area contributed by atoms with Crippen molar-refractivity contribution in [3.8, 4) is 0 Å². The minimum atomic E-state index is -0.287. The molecule has 0 bridgehead atoms. The predicted molar refractivity (Wildman–Crippen MR) is 58.4 cm³/mol. The maximum absolute atomic E-state index is 13.5. The van der Waals surface area contributed by atoms with Gasteiger partial charge < -0.3 is 9.73 Å². The lowest BCUT2D eigenvalue weighted by Gasteiger charge is -2.14. The van der Waals surface area contributed by atoms with E-state index >= 15 is 0 Å². The lowest BCUT2D eigenvalue weighted by molar-refractivity contribution is 0.511. The number of halogens is 1. The van der Waals surface area contributed by atoms with Crippen molar-refractivity contribution in [1.29, 1.82) is 0 Å². The average molecular weight is 220 g/mol. The van der Waals surface area contributed by atoms with Gasteiger partial charge in [0.05, 0.1) is 24.3 Å². The van der Waals surface area contributed by atoms with Crippen LogP contribution in [0.5, 0.6) is 0 Å². The number of hydrogen-bond donors (Lipinski definition) is 1. The molecule has 0 aliphatic heterocycles. The highest BCUT2D eigenvalue weighted by molar-refractivity contribution is 5.16. The molecule has 0 aromatic carbocycles. The molecule has 0 radical (unpaired) electrons. The molecule has 16 heavy (non-hydrogen) atoms. The molecule has 1 N–H and O–H groups in total. The van der Waals surface area contributed by atoms with Crippen LogP contribution in [0.25, 0.3) is 0 Å². The van der Waals surface area contributed by atoms with Gasteiger partial charge in [-0.25, -0.2) is 4.39 Å². The molecule has 2 heterocycles. The fourth-order valence-electron chi connectivity index (χ4n) is 1.63. The Bertz CT molecular complexity index is 442. The zero-order valence-electron chi connectivity index (χ0n) is 8.98. The van der Waals surface area contributed by atoms with Crippen molar-refractivity contribution in [1.82, 2.24) is 10.3 Å². The van der Waals surface area contributed by atoms with Gasteiger partial charge in [-0.05, 0) is 37.2 Å². The molecule has 84 valence electrons. The molecule has 1 atom stereocenters. The quantitative estimate of drug-likeness (QED) is 0.859. The van der Waals surface area contributed by atoms with Crippen LogP contribution in [-0.2, 0) is 6.42 Å². The molecule has 0 aliphatic carbocycles. The van der Waals surface area contributed by atoms with Gasteiger partial charge in [0.25, 0.3) is 0 Å². The summed E-state index contributed by atoms with van der Waals surface area (Å²) in [6, 6.07) is 4.73. The summed E-state index contributed by atoms with van der Waals surface area (Å²) in [6.45, 7) is 0. The second-order valence-corrected chi connectivity index (χ2v) is 3.55. The summed E-state index contributed by atoms with van der Waals surface area (Å²) in [5, 5.41) is 3.05. The SMILES string of the molecule is CNC(Cc1ccoc1)c1ncccc1F. The normalized spacial score (nSPS) is 12.6. The second kappa shape index (κ2) is 4.90. The summed E-state index contributed by atoms with van der Waals surface area (Å²) in [7, 11) is 1.79. The number of nitrogens with one attached hydrogen (secondary N) is 1. The highest BCUT2D eigenvalue weighted by Gasteiger charge is 2.15. The molecule has 0 saturated carbocycles. The Morgan fingerprint density at radius 1 is 1.50 bits per heavy atom. The van der Waals surface area contributed by atoms with Crippen molar-refractivity contribution in [3.63, 3.8) is 0 Å². The van der Waals surface area contributed by atoms with Crippen LogP contribution in [0, 0.1) is 5.82 Å². The Labute approximate surface area is 93.3 Å². The zero-order chi connectivity index (χ0) is 11.4. The van der Waals surface area contributed by atoms with E-state index in [2.05, 4.69) is 10.3 Å². The van der Waals surface area contributed by atoms with Gasteiger partial charge in [-0.2, -0.15) is 0 Å². The number of pyridine rings is 1. The highest BCUT2D eigenvalue weighted by Crippen LogP contribution is 2.18. The number of hydrogen-bond acceptors (Lipinski definition) is 3. The second-order valence-electron chi connectivity index (χ2n) is 3.55. The number of aromatic nitrogens is 1. The first kappa shape index (κ1) is 10.8. The predicted octanol–water partition coefficient (Wildman–Crippen LogP) is 2.32. The molecule has 3 nitrogen and oxygen atoms in total. The molecular formula is C12H13FN2O. The number of furan rings is 1. The summed E-state index contributed by atoms with van der Waals surface area (Å²) in [5.74, 6) is -0.287. The van der Waals surface area contributed by atoms with Gasteiger partial charge in [-0.1, -0.05) is 0 Å². The van der Waals surface area contributed by atoms with Crippen molar-refractivity contribution in [2.45, 2.75) is 12.5 Å². The fourth-order valence-corrected chi connectivity index (χ4v) is 1.63. The molecule has 0 spiro atoms. The fraction of sp³-hybridized carbons (Fsp3) is 0.250. The van der Waals surface area contributed by atoms with E-state index in [0.29, 0.717) is 12.1 Å². The van der Waals surface area contributed by atoms with Crippen LogP contribution in [0.1, 0.15) is 17.3 Å². The molecule has 0 aliphatic rings. The van der Waals surface area contributed by atoms with E-state index in [9.17, 15) is 4.39 Å². The minimum absolute atomic E-state index is 0.140. The molecule has 2 aromatic rings. The standard InChI is InChI=1S/C12H13FN2O/c1-14-11(7-9-4-6-16-8-9)12-10(13)3-2-5-15-12/h2-6,8,11,14H,7H2,1H3. The topological polar surface area (TPSA) is 38.1 Å². The maximum Gasteiger partial charge on any atom is 0.146 e. The summed E-state index contributed by atoms with van der Waals surface area (Å²) in [5.41, 5.74) is 1.45. The van der Waals surface area contributed by atoms with E-state index in [1.54, 1.807) is 31.8 Å². The lowest BCUT2D eigenvalue weighted by atomic mass is 10.1. The van der Waals surface area contributed by atoms with Gasteiger partial charge in [0, 0.05) is 6.20 Å².